The van der Waals surface area contributed by atoms with Gasteiger partial charge in [-0.05, 0) is 28.1 Å². The second kappa shape index (κ2) is 4.50. The van der Waals surface area contributed by atoms with Crippen LogP contribution in [0, 0.1) is 0 Å². The fourth-order valence-electron chi connectivity index (χ4n) is 0.881. The van der Waals surface area contributed by atoms with E-state index in [-0.39, 0.29) is 5.69 Å². The number of carbonyl (C=O) groups is 1. The van der Waals surface area contributed by atoms with Gasteiger partial charge in [-0.25, -0.2) is 0 Å². The van der Waals surface area contributed by atoms with E-state index >= 15 is 0 Å². The van der Waals surface area contributed by atoms with Crippen LogP contribution in [0.25, 0.3) is 0 Å². The molecule has 0 amide bonds. The van der Waals surface area contributed by atoms with E-state index in [9.17, 15) is 9.90 Å². The molecule has 2 atom stereocenters. The number of carboxylic acid groups (broad SMARTS) is 1. The van der Waals surface area contributed by atoms with Crippen molar-refractivity contribution in [3.05, 3.63) is 28.5 Å². The van der Waals surface area contributed by atoms with Gasteiger partial charge in [0.25, 0.3) is 0 Å². The van der Waals surface area contributed by atoms with E-state index < -0.39 is 18.1 Å². The quantitative estimate of drug-likeness (QED) is 0.726. The molecule has 1 aromatic heterocycles. The first-order valence-electron chi connectivity index (χ1n) is 3.80. The highest BCUT2D eigenvalue weighted by atomic mass is 79.9. The monoisotopic (exact) mass is 260 g/mol. The van der Waals surface area contributed by atoms with Crippen LogP contribution in [-0.4, -0.2) is 27.2 Å². The van der Waals surface area contributed by atoms with Crippen LogP contribution < -0.4 is 5.73 Å². The van der Waals surface area contributed by atoms with E-state index in [0.717, 1.165) is 4.47 Å². The van der Waals surface area contributed by atoms with Crippen LogP contribution in [0.15, 0.2) is 22.8 Å². The zero-order valence-electron chi connectivity index (χ0n) is 7.09. The highest BCUT2D eigenvalue weighted by Crippen LogP contribution is 2.15. The number of hydrogen-bond acceptors (Lipinski definition) is 4. The number of halogens is 1. The van der Waals surface area contributed by atoms with Crippen molar-refractivity contribution in [2.75, 3.05) is 0 Å². The van der Waals surface area contributed by atoms with Crippen molar-refractivity contribution in [1.29, 1.82) is 0 Å². The molecule has 0 aromatic carbocycles. The summed E-state index contributed by atoms with van der Waals surface area (Å²) in [5.41, 5.74) is 5.47. The Morgan fingerprint density at radius 2 is 2.21 bits per heavy atom. The van der Waals surface area contributed by atoms with Gasteiger partial charge in [-0.1, -0.05) is 0 Å². The van der Waals surface area contributed by atoms with Crippen molar-refractivity contribution in [1.82, 2.24) is 4.98 Å². The average Bonchev–Trinajstić information content (AvgIpc) is 2.16. The van der Waals surface area contributed by atoms with Crippen molar-refractivity contribution in [3.8, 4) is 0 Å². The summed E-state index contributed by atoms with van der Waals surface area (Å²) in [6.45, 7) is 0. The van der Waals surface area contributed by atoms with Crippen LogP contribution in [-0.2, 0) is 4.79 Å². The van der Waals surface area contributed by atoms with Crippen molar-refractivity contribution in [3.63, 3.8) is 0 Å². The van der Waals surface area contributed by atoms with Crippen molar-refractivity contribution in [2.45, 2.75) is 12.1 Å². The van der Waals surface area contributed by atoms with Gasteiger partial charge >= 0.3 is 5.97 Å². The molecule has 0 spiro atoms. The first-order chi connectivity index (χ1) is 6.52. The van der Waals surface area contributed by atoms with Crippen LogP contribution in [0.5, 0.6) is 0 Å². The lowest BCUT2D eigenvalue weighted by atomic mass is 10.1. The number of aliphatic hydroxyl groups excluding tert-OH is 1. The molecule has 5 nitrogen and oxygen atoms in total. The number of pyridine rings is 1. The van der Waals surface area contributed by atoms with Gasteiger partial charge in [0.1, 0.15) is 12.1 Å². The maximum atomic E-state index is 10.5. The molecule has 4 N–H and O–H groups in total. The third kappa shape index (κ3) is 2.50. The van der Waals surface area contributed by atoms with Gasteiger partial charge in [0.2, 0.25) is 0 Å². The Morgan fingerprint density at radius 1 is 1.57 bits per heavy atom. The van der Waals surface area contributed by atoms with Gasteiger partial charge in [-0.2, -0.15) is 0 Å². The third-order valence-corrected chi connectivity index (χ3v) is 2.15. The number of aliphatic hydroxyl groups is 1. The molecule has 0 fully saturated rings. The van der Waals surface area contributed by atoms with Gasteiger partial charge in [-0.3, -0.25) is 9.78 Å². The molecule has 0 saturated carbocycles. The summed E-state index contributed by atoms with van der Waals surface area (Å²) in [7, 11) is 0. The van der Waals surface area contributed by atoms with Crippen molar-refractivity contribution < 1.29 is 15.0 Å². The molecule has 1 heterocycles. The molecule has 0 bridgehead atoms. The number of nitrogens with zero attached hydrogens (tertiary/aromatic N) is 1. The fourth-order valence-corrected chi connectivity index (χ4v) is 1.12. The lowest BCUT2D eigenvalue weighted by Gasteiger charge is -2.13. The van der Waals surface area contributed by atoms with E-state index in [1.165, 1.54) is 12.3 Å². The molecule has 1 rings (SSSR count). The number of rotatable bonds is 3. The minimum Gasteiger partial charge on any atom is -0.480 e. The Hall–Kier alpha value is -0.980. The Balaban J connectivity index is 2.84. The molecule has 2 unspecified atom stereocenters. The summed E-state index contributed by atoms with van der Waals surface area (Å²) in [4.78, 5) is 14.3. The molecule has 14 heavy (non-hydrogen) atoms. The minimum atomic E-state index is -1.36. The number of nitrogens with two attached hydrogens (primary N) is 1. The molecule has 6 heteroatoms. The zero-order valence-corrected chi connectivity index (χ0v) is 8.68. The first kappa shape index (κ1) is 11.1. The maximum absolute atomic E-state index is 10.5. The Morgan fingerprint density at radius 3 is 2.64 bits per heavy atom. The lowest BCUT2D eigenvalue weighted by molar-refractivity contribution is -0.141. The Bertz CT molecular complexity index is 328. The molecule has 0 aliphatic rings. The van der Waals surface area contributed by atoms with Crippen LogP contribution in [0.2, 0.25) is 0 Å². The second-order valence-electron chi connectivity index (χ2n) is 2.71. The first-order valence-corrected chi connectivity index (χ1v) is 4.59. The van der Waals surface area contributed by atoms with Crippen LogP contribution in [0.4, 0.5) is 0 Å². The summed E-state index contributed by atoms with van der Waals surface area (Å²) < 4.78 is 0.748. The van der Waals surface area contributed by atoms with Crippen molar-refractivity contribution >= 4 is 21.9 Å². The summed E-state index contributed by atoms with van der Waals surface area (Å²) >= 11 is 3.17. The van der Waals surface area contributed by atoms with Gasteiger partial charge in [0.05, 0.1) is 5.69 Å². The largest absolute Gasteiger partial charge is 0.480 e. The van der Waals surface area contributed by atoms with Crippen LogP contribution >= 0.6 is 15.9 Å². The molecular weight excluding hydrogens is 252 g/mol. The summed E-state index contributed by atoms with van der Waals surface area (Å²) in [5.74, 6) is -1.26. The Labute approximate surface area is 88.7 Å². The number of aliphatic carboxylic acids is 1. The van der Waals surface area contributed by atoms with Gasteiger partial charge in [0, 0.05) is 10.7 Å². The van der Waals surface area contributed by atoms with Crippen LogP contribution in [0.3, 0.4) is 0 Å². The predicted octanol–water partition coefficient (Wildman–Crippen LogP) is 0.289. The number of hydrogen-bond donors (Lipinski definition) is 3. The number of carboxylic acids is 1. The van der Waals surface area contributed by atoms with E-state index in [4.69, 9.17) is 10.8 Å². The topological polar surface area (TPSA) is 96.4 Å². The summed E-state index contributed by atoms with van der Waals surface area (Å²) in [6, 6.07) is 1.81. The molecule has 0 radical (unpaired) electrons. The standard InChI is InChI=1S/C8H9BrN2O3/c9-4-1-2-5(11-3-4)7(12)6(10)8(13)14/h1-3,6-7,12H,10H2,(H,13,14). The molecule has 1 aromatic rings. The Kier molecular flexibility index (Phi) is 3.56. The number of aromatic nitrogens is 1. The molecule has 0 aliphatic heterocycles. The molecular formula is C8H9BrN2O3. The molecule has 0 saturated heterocycles. The fraction of sp³-hybridized carbons (Fsp3) is 0.250. The van der Waals surface area contributed by atoms with Gasteiger partial charge in [0.15, 0.2) is 0 Å². The van der Waals surface area contributed by atoms with E-state index in [2.05, 4.69) is 20.9 Å². The maximum Gasteiger partial charge on any atom is 0.323 e. The molecule has 0 aliphatic carbocycles. The smallest absolute Gasteiger partial charge is 0.323 e. The van der Waals surface area contributed by atoms with E-state index in [0.29, 0.717) is 0 Å². The third-order valence-electron chi connectivity index (χ3n) is 1.68. The minimum absolute atomic E-state index is 0.239. The van der Waals surface area contributed by atoms with E-state index in [1.54, 1.807) is 6.07 Å². The zero-order chi connectivity index (χ0) is 10.7. The molecule has 76 valence electrons. The van der Waals surface area contributed by atoms with Crippen molar-refractivity contribution in [2.24, 2.45) is 5.73 Å². The SMILES string of the molecule is NC(C(=O)O)C(O)c1ccc(Br)cn1. The van der Waals surface area contributed by atoms with Crippen LogP contribution in [0.1, 0.15) is 11.8 Å². The lowest BCUT2D eigenvalue weighted by Crippen LogP contribution is -2.36. The highest BCUT2D eigenvalue weighted by molar-refractivity contribution is 9.10. The van der Waals surface area contributed by atoms with E-state index in [1.807, 2.05) is 0 Å². The van der Waals surface area contributed by atoms with Gasteiger partial charge < -0.3 is 15.9 Å². The summed E-state index contributed by atoms with van der Waals surface area (Å²) in [6.07, 6.45) is 0.174. The predicted molar refractivity (Wildman–Crippen MR) is 52.5 cm³/mol. The highest BCUT2D eigenvalue weighted by Gasteiger charge is 2.24. The second-order valence-corrected chi connectivity index (χ2v) is 3.63. The normalized spacial score (nSPS) is 14.8. The summed E-state index contributed by atoms with van der Waals surface area (Å²) in [5, 5.41) is 18.0. The average molecular weight is 261 g/mol. The van der Waals surface area contributed by atoms with Gasteiger partial charge in [-0.15, -0.1) is 0 Å².